The standard InChI is InChI=1S/C13H25N3O/c1-11(8-13(3,4)17-5)15-12(2)9-16-7-6-14-10-16/h6-7,10-12,15H,8-9H2,1-5H3. The van der Waals surface area contributed by atoms with Crippen molar-refractivity contribution < 1.29 is 4.74 Å². The van der Waals surface area contributed by atoms with Crippen LogP contribution in [0.3, 0.4) is 0 Å². The Balaban J connectivity index is 2.33. The molecular weight excluding hydrogens is 214 g/mol. The van der Waals surface area contributed by atoms with Gasteiger partial charge in [-0.3, -0.25) is 0 Å². The average Bonchev–Trinajstić information content (AvgIpc) is 2.69. The van der Waals surface area contributed by atoms with Crippen molar-refractivity contribution in [1.29, 1.82) is 0 Å². The van der Waals surface area contributed by atoms with Crippen LogP contribution in [-0.4, -0.2) is 34.3 Å². The van der Waals surface area contributed by atoms with Crippen LogP contribution < -0.4 is 5.32 Å². The smallest absolute Gasteiger partial charge is 0.0946 e. The molecule has 98 valence electrons. The zero-order valence-electron chi connectivity index (χ0n) is 11.6. The summed E-state index contributed by atoms with van der Waals surface area (Å²) in [5.41, 5.74) is -0.0683. The number of hydrogen-bond donors (Lipinski definition) is 1. The summed E-state index contributed by atoms with van der Waals surface area (Å²) in [5.74, 6) is 0. The number of rotatable bonds is 7. The van der Waals surface area contributed by atoms with Gasteiger partial charge in [0.2, 0.25) is 0 Å². The molecule has 0 radical (unpaired) electrons. The van der Waals surface area contributed by atoms with Crippen molar-refractivity contribution in [3.63, 3.8) is 0 Å². The summed E-state index contributed by atoms with van der Waals surface area (Å²) in [6.07, 6.45) is 6.64. The Kier molecular flexibility index (Phi) is 5.15. The lowest BCUT2D eigenvalue weighted by Gasteiger charge is -2.29. The van der Waals surface area contributed by atoms with Crippen molar-refractivity contribution in [1.82, 2.24) is 14.9 Å². The van der Waals surface area contributed by atoms with E-state index in [1.807, 2.05) is 18.7 Å². The molecule has 1 rings (SSSR count). The second-order valence-corrected chi connectivity index (χ2v) is 5.40. The van der Waals surface area contributed by atoms with Crippen molar-refractivity contribution in [3.8, 4) is 0 Å². The summed E-state index contributed by atoms with van der Waals surface area (Å²) in [6, 6.07) is 0.857. The molecular formula is C13H25N3O. The largest absolute Gasteiger partial charge is 0.379 e. The maximum absolute atomic E-state index is 5.44. The molecule has 1 aromatic rings. The Morgan fingerprint density at radius 3 is 2.59 bits per heavy atom. The Labute approximate surface area is 104 Å². The van der Waals surface area contributed by atoms with Gasteiger partial charge < -0.3 is 14.6 Å². The second kappa shape index (κ2) is 6.17. The minimum absolute atomic E-state index is 0.0683. The zero-order chi connectivity index (χ0) is 12.9. The summed E-state index contributed by atoms with van der Waals surface area (Å²) < 4.78 is 7.53. The highest BCUT2D eigenvalue weighted by molar-refractivity contribution is 4.80. The van der Waals surface area contributed by atoms with Gasteiger partial charge in [0.1, 0.15) is 0 Å². The van der Waals surface area contributed by atoms with E-state index in [0.717, 1.165) is 13.0 Å². The lowest BCUT2D eigenvalue weighted by Crippen LogP contribution is -2.41. The van der Waals surface area contributed by atoms with E-state index in [4.69, 9.17) is 4.74 Å². The van der Waals surface area contributed by atoms with E-state index in [1.165, 1.54) is 0 Å². The van der Waals surface area contributed by atoms with E-state index in [1.54, 1.807) is 7.11 Å². The Morgan fingerprint density at radius 1 is 1.35 bits per heavy atom. The van der Waals surface area contributed by atoms with Crippen LogP contribution in [0, 0.1) is 0 Å². The monoisotopic (exact) mass is 239 g/mol. The molecule has 0 aliphatic heterocycles. The molecule has 1 N–H and O–H groups in total. The number of nitrogens with one attached hydrogen (secondary N) is 1. The highest BCUT2D eigenvalue weighted by Crippen LogP contribution is 2.15. The molecule has 0 spiro atoms. The normalized spacial score (nSPS) is 15.8. The van der Waals surface area contributed by atoms with E-state index < -0.39 is 0 Å². The third-order valence-corrected chi connectivity index (χ3v) is 2.96. The van der Waals surface area contributed by atoms with Gasteiger partial charge >= 0.3 is 0 Å². The molecule has 4 heteroatoms. The van der Waals surface area contributed by atoms with Crippen LogP contribution in [0.15, 0.2) is 18.7 Å². The lowest BCUT2D eigenvalue weighted by atomic mass is 9.99. The van der Waals surface area contributed by atoms with Crippen LogP contribution >= 0.6 is 0 Å². The van der Waals surface area contributed by atoms with E-state index >= 15 is 0 Å². The van der Waals surface area contributed by atoms with Crippen molar-refractivity contribution in [2.75, 3.05) is 7.11 Å². The molecule has 2 atom stereocenters. The summed E-state index contributed by atoms with van der Waals surface area (Å²) in [7, 11) is 1.77. The predicted octanol–water partition coefficient (Wildman–Crippen LogP) is 2.06. The lowest BCUT2D eigenvalue weighted by molar-refractivity contribution is 0.00770. The minimum atomic E-state index is -0.0683. The van der Waals surface area contributed by atoms with Crippen LogP contribution in [0.5, 0.6) is 0 Å². The number of nitrogens with zero attached hydrogens (tertiary/aromatic N) is 2. The average molecular weight is 239 g/mol. The first kappa shape index (κ1) is 14.2. The van der Waals surface area contributed by atoms with Gasteiger partial charge in [-0.05, 0) is 34.1 Å². The quantitative estimate of drug-likeness (QED) is 0.791. The molecule has 0 saturated heterocycles. The molecule has 0 aliphatic carbocycles. The van der Waals surface area contributed by atoms with E-state index in [9.17, 15) is 0 Å². The molecule has 1 heterocycles. The van der Waals surface area contributed by atoms with Gasteiger partial charge in [-0.1, -0.05) is 0 Å². The Morgan fingerprint density at radius 2 is 2.06 bits per heavy atom. The first-order chi connectivity index (χ1) is 7.93. The maximum atomic E-state index is 5.44. The third kappa shape index (κ3) is 5.33. The van der Waals surface area contributed by atoms with Crippen LogP contribution in [0.2, 0.25) is 0 Å². The van der Waals surface area contributed by atoms with Crippen LogP contribution in [0.4, 0.5) is 0 Å². The fourth-order valence-corrected chi connectivity index (χ4v) is 2.13. The van der Waals surface area contributed by atoms with Gasteiger partial charge in [-0.2, -0.15) is 0 Å². The molecule has 17 heavy (non-hydrogen) atoms. The zero-order valence-corrected chi connectivity index (χ0v) is 11.6. The third-order valence-electron chi connectivity index (χ3n) is 2.96. The van der Waals surface area contributed by atoms with Crippen LogP contribution in [0.1, 0.15) is 34.1 Å². The van der Waals surface area contributed by atoms with Crippen molar-refractivity contribution in [2.45, 2.75) is 58.3 Å². The topological polar surface area (TPSA) is 39.1 Å². The fourth-order valence-electron chi connectivity index (χ4n) is 2.13. The van der Waals surface area contributed by atoms with E-state index in [2.05, 4.69) is 42.6 Å². The van der Waals surface area contributed by atoms with Gasteiger partial charge in [-0.15, -0.1) is 0 Å². The highest BCUT2D eigenvalue weighted by atomic mass is 16.5. The van der Waals surface area contributed by atoms with Crippen LogP contribution in [0.25, 0.3) is 0 Å². The summed E-state index contributed by atoms with van der Waals surface area (Å²) in [5, 5.41) is 3.58. The molecule has 0 saturated carbocycles. The Bertz CT molecular complexity index is 308. The predicted molar refractivity (Wildman–Crippen MR) is 70.0 cm³/mol. The molecule has 4 nitrogen and oxygen atoms in total. The van der Waals surface area contributed by atoms with Crippen molar-refractivity contribution in [2.24, 2.45) is 0 Å². The van der Waals surface area contributed by atoms with Gasteiger partial charge in [-0.25, -0.2) is 4.98 Å². The SMILES string of the molecule is COC(C)(C)CC(C)NC(C)Cn1ccnc1. The maximum Gasteiger partial charge on any atom is 0.0946 e. The van der Waals surface area contributed by atoms with Crippen LogP contribution in [-0.2, 0) is 11.3 Å². The van der Waals surface area contributed by atoms with Gasteiger partial charge in [0.15, 0.2) is 0 Å². The fraction of sp³-hybridized carbons (Fsp3) is 0.769. The molecule has 0 amide bonds. The highest BCUT2D eigenvalue weighted by Gasteiger charge is 2.20. The molecule has 0 aromatic carbocycles. The number of ether oxygens (including phenoxy) is 1. The van der Waals surface area contributed by atoms with Gasteiger partial charge in [0, 0.05) is 38.1 Å². The summed E-state index contributed by atoms with van der Waals surface area (Å²) >= 11 is 0. The second-order valence-electron chi connectivity index (χ2n) is 5.40. The van der Waals surface area contributed by atoms with Gasteiger partial charge in [0.05, 0.1) is 11.9 Å². The number of methoxy groups -OCH3 is 1. The van der Waals surface area contributed by atoms with Gasteiger partial charge in [0.25, 0.3) is 0 Å². The van der Waals surface area contributed by atoms with E-state index in [-0.39, 0.29) is 5.60 Å². The van der Waals surface area contributed by atoms with Crippen molar-refractivity contribution in [3.05, 3.63) is 18.7 Å². The number of aromatic nitrogens is 2. The first-order valence-corrected chi connectivity index (χ1v) is 6.20. The summed E-state index contributed by atoms with van der Waals surface area (Å²) in [4.78, 5) is 4.04. The molecule has 0 aliphatic rings. The number of hydrogen-bond acceptors (Lipinski definition) is 3. The molecule has 0 bridgehead atoms. The van der Waals surface area contributed by atoms with Crippen molar-refractivity contribution >= 4 is 0 Å². The molecule has 2 unspecified atom stereocenters. The summed E-state index contributed by atoms with van der Waals surface area (Å²) in [6.45, 7) is 9.57. The molecule has 1 aromatic heterocycles. The minimum Gasteiger partial charge on any atom is -0.379 e. The Hall–Kier alpha value is -0.870. The van der Waals surface area contributed by atoms with E-state index in [0.29, 0.717) is 12.1 Å². The first-order valence-electron chi connectivity index (χ1n) is 6.20. The number of imidazole rings is 1. The molecule has 0 fully saturated rings.